The summed E-state index contributed by atoms with van der Waals surface area (Å²) in [5.74, 6) is 2.36. The largest absolute Gasteiger partial charge is 0.497 e. The molecule has 0 unspecified atom stereocenters. The summed E-state index contributed by atoms with van der Waals surface area (Å²) in [6.07, 6.45) is 0. The second-order valence-electron chi connectivity index (χ2n) is 6.60. The van der Waals surface area contributed by atoms with E-state index >= 15 is 0 Å². The molecule has 0 aliphatic carbocycles. The van der Waals surface area contributed by atoms with Crippen LogP contribution in [0.15, 0.2) is 47.8 Å². The number of amides is 1. The Bertz CT molecular complexity index is 968. The lowest BCUT2D eigenvalue weighted by Gasteiger charge is -2.35. The van der Waals surface area contributed by atoms with Gasteiger partial charge >= 0.3 is 0 Å². The van der Waals surface area contributed by atoms with Gasteiger partial charge in [0.05, 0.1) is 24.8 Å². The predicted octanol–water partition coefficient (Wildman–Crippen LogP) is 3.18. The number of piperazine rings is 1. The number of thiophene rings is 1. The summed E-state index contributed by atoms with van der Waals surface area (Å²) in [6, 6.07) is 13.3. The van der Waals surface area contributed by atoms with E-state index in [9.17, 15) is 4.79 Å². The number of nitrogens with zero attached hydrogens (tertiary/aromatic N) is 4. The van der Waals surface area contributed by atoms with Gasteiger partial charge in [0.25, 0.3) is 5.91 Å². The van der Waals surface area contributed by atoms with E-state index in [1.165, 1.54) is 11.3 Å². The number of aromatic nitrogens is 2. The first-order valence-electron chi connectivity index (χ1n) is 9.33. The molecule has 1 amide bonds. The van der Waals surface area contributed by atoms with Crippen molar-refractivity contribution in [3.05, 3.63) is 52.7 Å². The fourth-order valence-electron chi connectivity index (χ4n) is 3.35. The Kier molecular flexibility index (Phi) is 5.62. The molecule has 1 aromatic carbocycles. The molecule has 29 heavy (non-hydrogen) atoms. The average molecular weight is 410 g/mol. The van der Waals surface area contributed by atoms with E-state index in [2.05, 4.69) is 15.1 Å². The molecule has 0 spiro atoms. The molecule has 1 aliphatic heterocycles. The normalized spacial score (nSPS) is 14.0. The molecule has 0 atom stereocenters. The molecule has 0 N–H and O–H groups in total. The average Bonchev–Trinajstić information content (AvgIpc) is 3.33. The lowest BCUT2D eigenvalue weighted by atomic mass is 10.1. The lowest BCUT2D eigenvalue weighted by molar-refractivity contribution is 0.0751. The van der Waals surface area contributed by atoms with Crippen molar-refractivity contribution in [3.63, 3.8) is 0 Å². The Morgan fingerprint density at radius 3 is 2.45 bits per heavy atom. The van der Waals surface area contributed by atoms with Crippen molar-refractivity contribution in [2.24, 2.45) is 0 Å². The van der Waals surface area contributed by atoms with Crippen LogP contribution >= 0.6 is 11.3 Å². The number of hydrogen-bond acceptors (Lipinski definition) is 7. The first-order valence-corrected chi connectivity index (χ1v) is 10.2. The van der Waals surface area contributed by atoms with Gasteiger partial charge in [0.1, 0.15) is 11.5 Å². The highest BCUT2D eigenvalue weighted by Crippen LogP contribution is 2.32. The predicted molar refractivity (Wildman–Crippen MR) is 113 cm³/mol. The van der Waals surface area contributed by atoms with Crippen molar-refractivity contribution in [2.75, 3.05) is 45.3 Å². The minimum Gasteiger partial charge on any atom is -0.497 e. The fourth-order valence-corrected chi connectivity index (χ4v) is 4.04. The zero-order valence-electron chi connectivity index (χ0n) is 16.4. The van der Waals surface area contributed by atoms with Gasteiger partial charge in [-0.05, 0) is 41.8 Å². The summed E-state index contributed by atoms with van der Waals surface area (Å²) in [5, 5.41) is 10.7. The molecule has 2 aromatic heterocycles. The summed E-state index contributed by atoms with van der Waals surface area (Å²) in [6.45, 7) is 2.80. The molecule has 0 radical (unpaired) electrons. The standard InChI is InChI=1S/C21H22N4O3S/c1-27-15-5-7-18(28-2)16(14-15)17-6-8-20(23-22-17)24-9-11-25(12-10-24)21(26)19-4-3-13-29-19/h3-8,13-14H,9-12H2,1-2H3. The molecule has 3 heterocycles. The van der Waals surface area contributed by atoms with Crippen LogP contribution in [0.4, 0.5) is 5.82 Å². The topological polar surface area (TPSA) is 67.8 Å². The molecular formula is C21H22N4O3S. The van der Waals surface area contributed by atoms with Crippen molar-refractivity contribution in [1.82, 2.24) is 15.1 Å². The summed E-state index contributed by atoms with van der Waals surface area (Å²) >= 11 is 1.48. The van der Waals surface area contributed by atoms with Gasteiger partial charge in [-0.2, -0.15) is 0 Å². The maximum absolute atomic E-state index is 12.5. The zero-order valence-corrected chi connectivity index (χ0v) is 17.2. The fraction of sp³-hybridized carbons (Fsp3) is 0.286. The van der Waals surface area contributed by atoms with Crippen LogP contribution < -0.4 is 14.4 Å². The number of rotatable bonds is 5. The molecule has 8 heteroatoms. The van der Waals surface area contributed by atoms with E-state index < -0.39 is 0 Å². The van der Waals surface area contributed by atoms with Crippen LogP contribution in [0.2, 0.25) is 0 Å². The van der Waals surface area contributed by atoms with E-state index in [4.69, 9.17) is 9.47 Å². The number of anilines is 1. The highest BCUT2D eigenvalue weighted by atomic mass is 32.1. The van der Waals surface area contributed by atoms with Crippen LogP contribution in [0.3, 0.4) is 0 Å². The van der Waals surface area contributed by atoms with Gasteiger partial charge in [-0.25, -0.2) is 0 Å². The van der Waals surface area contributed by atoms with Gasteiger partial charge in [-0.1, -0.05) is 6.07 Å². The Morgan fingerprint density at radius 1 is 1.00 bits per heavy atom. The van der Waals surface area contributed by atoms with Crippen molar-refractivity contribution in [1.29, 1.82) is 0 Å². The Hall–Kier alpha value is -3.13. The number of hydrogen-bond donors (Lipinski definition) is 0. The number of carbonyl (C=O) groups excluding carboxylic acids is 1. The number of ether oxygens (including phenoxy) is 2. The van der Waals surface area contributed by atoms with E-state index in [-0.39, 0.29) is 5.91 Å². The molecule has 0 bridgehead atoms. The van der Waals surface area contributed by atoms with Gasteiger partial charge < -0.3 is 19.3 Å². The second kappa shape index (κ2) is 8.48. The van der Waals surface area contributed by atoms with Crippen molar-refractivity contribution >= 4 is 23.1 Å². The molecule has 3 aromatic rings. The van der Waals surface area contributed by atoms with Gasteiger partial charge in [-0.3, -0.25) is 4.79 Å². The van der Waals surface area contributed by atoms with Crippen LogP contribution in [-0.2, 0) is 0 Å². The van der Waals surface area contributed by atoms with Crippen LogP contribution in [0, 0.1) is 0 Å². The molecule has 4 rings (SSSR count). The van der Waals surface area contributed by atoms with Crippen LogP contribution in [0.5, 0.6) is 11.5 Å². The van der Waals surface area contributed by atoms with Gasteiger partial charge in [0.15, 0.2) is 5.82 Å². The third-order valence-electron chi connectivity index (χ3n) is 4.96. The Morgan fingerprint density at radius 2 is 1.83 bits per heavy atom. The van der Waals surface area contributed by atoms with Crippen molar-refractivity contribution in [3.8, 4) is 22.8 Å². The lowest BCUT2D eigenvalue weighted by Crippen LogP contribution is -2.48. The van der Waals surface area contributed by atoms with Crippen LogP contribution in [0.1, 0.15) is 9.67 Å². The van der Waals surface area contributed by atoms with E-state index in [1.807, 2.05) is 52.7 Å². The second-order valence-corrected chi connectivity index (χ2v) is 7.55. The number of carbonyl (C=O) groups is 1. The van der Waals surface area contributed by atoms with Crippen LogP contribution in [-0.4, -0.2) is 61.4 Å². The number of methoxy groups -OCH3 is 2. The van der Waals surface area contributed by atoms with Gasteiger partial charge in [0, 0.05) is 31.7 Å². The van der Waals surface area contributed by atoms with E-state index in [0.717, 1.165) is 40.8 Å². The Balaban J connectivity index is 1.45. The maximum Gasteiger partial charge on any atom is 0.264 e. The monoisotopic (exact) mass is 410 g/mol. The molecule has 0 saturated carbocycles. The SMILES string of the molecule is COc1ccc(OC)c(-c2ccc(N3CCN(C(=O)c4cccs4)CC3)nn2)c1. The highest BCUT2D eigenvalue weighted by Gasteiger charge is 2.23. The summed E-state index contributed by atoms with van der Waals surface area (Å²) in [7, 11) is 3.26. The first kappa shape index (κ1) is 19.2. The van der Waals surface area contributed by atoms with E-state index in [0.29, 0.717) is 18.8 Å². The first-order chi connectivity index (χ1) is 14.2. The molecule has 1 fully saturated rings. The molecule has 150 valence electrons. The highest BCUT2D eigenvalue weighted by molar-refractivity contribution is 7.12. The van der Waals surface area contributed by atoms with Gasteiger partial charge in [-0.15, -0.1) is 21.5 Å². The van der Waals surface area contributed by atoms with Crippen LogP contribution in [0.25, 0.3) is 11.3 Å². The minimum absolute atomic E-state index is 0.103. The summed E-state index contributed by atoms with van der Waals surface area (Å²) in [4.78, 5) is 17.3. The van der Waals surface area contributed by atoms with Crippen molar-refractivity contribution < 1.29 is 14.3 Å². The van der Waals surface area contributed by atoms with Crippen molar-refractivity contribution in [2.45, 2.75) is 0 Å². The third-order valence-corrected chi connectivity index (χ3v) is 5.81. The molecule has 1 aliphatic rings. The maximum atomic E-state index is 12.5. The Labute approximate surface area is 173 Å². The molecule has 1 saturated heterocycles. The van der Waals surface area contributed by atoms with E-state index in [1.54, 1.807) is 14.2 Å². The minimum atomic E-state index is 0.103. The quantitative estimate of drug-likeness (QED) is 0.644. The van der Waals surface area contributed by atoms with Gasteiger partial charge in [0.2, 0.25) is 0 Å². The zero-order chi connectivity index (χ0) is 20.2. The third kappa shape index (κ3) is 4.02. The molecule has 7 nitrogen and oxygen atoms in total. The molecular weight excluding hydrogens is 388 g/mol. The smallest absolute Gasteiger partial charge is 0.264 e. The summed E-state index contributed by atoms with van der Waals surface area (Å²) < 4.78 is 10.7. The summed E-state index contributed by atoms with van der Waals surface area (Å²) in [5.41, 5.74) is 1.55. The number of benzene rings is 1.